The van der Waals surface area contributed by atoms with Gasteiger partial charge in [-0.05, 0) is 11.4 Å². The molecule has 4 rings (SSSR count). The van der Waals surface area contributed by atoms with Gasteiger partial charge in [-0.3, -0.25) is 21.7 Å². The zero-order chi connectivity index (χ0) is 30.3. The van der Waals surface area contributed by atoms with Gasteiger partial charge in [0.2, 0.25) is 0 Å². The van der Waals surface area contributed by atoms with Gasteiger partial charge in [0, 0.05) is 23.3 Å². The van der Waals surface area contributed by atoms with Crippen molar-refractivity contribution in [3.05, 3.63) is 108 Å². The third kappa shape index (κ3) is 15.7. The van der Waals surface area contributed by atoms with Gasteiger partial charge in [0.15, 0.2) is 0 Å². The number of amides is 2. The summed E-state index contributed by atoms with van der Waals surface area (Å²) in [6.45, 7) is 0. The van der Waals surface area contributed by atoms with Gasteiger partial charge < -0.3 is 10.6 Å². The van der Waals surface area contributed by atoms with Crippen molar-refractivity contribution >= 4 is 23.2 Å². The molecule has 0 heterocycles. The van der Waals surface area contributed by atoms with E-state index in [1.807, 2.05) is 24.3 Å². The molecule has 15 heteroatoms. The fraction of sp³-hybridized carbons (Fsp3) is 0.154. The molecule has 0 aliphatic heterocycles. The van der Waals surface area contributed by atoms with E-state index in [2.05, 4.69) is 24.3 Å². The first-order valence-electron chi connectivity index (χ1n) is 10.6. The Morgan fingerprint density at radius 3 is 1.17 bits per heavy atom. The van der Waals surface area contributed by atoms with Crippen LogP contribution >= 0.6 is 0 Å². The molecule has 0 spiro atoms. The normalized spacial score (nSPS) is 12.5. The smallest absolute Gasteiger partial charge is 0.369 e. The van der Waals surface area contributed by atoms with Crippen molar-refractivity contribution in [3.8, 4) is 0 Å². The average Bonchev–Trinajstić information content (AvgIpc) is 3.61. The Kier molecular flexibility index (Phi) is 16.3. The summed E-state index contributed by atoms with van der Waals surface area (Å²) in [7, 11) is 0. The maximum absolute atomic E-state index is 12.7. The summed E-state index contributed by atoms with van der Waals surface area (Å²) in [4.78, 5) is 20.7. The second kappa shape index (κ2) is 17.9. The Labute approximate surface area is 242 Å². The van der Waals surface area contributed by atoms with Crippen LogP contribution in [0, 0.1) is 47.6 Å². The Hall–Kier alpha value is -3.65. The van der Waals surface area contributed by atoms with E-state index in [0.29, 0.717) is 24.3 Å². The number of anilines is 2. The van der Waals surface area contributed by atoms with Crippen molar-refractivity contribution in [1.82, 2.24) is 0 Å². The molecule has 0 saturated heterocycles. The van der Waals surface area contributed by atoms with Gasteiger partial charge in [-0.2, -0.15) is 38.5 Å². The number of benzene rings is 2. The van der Waals surface area contributed by atoms with E-state index in [0.717, 1.165) is 12.8 Å². The van der Waals surface area contributed by atoms with E-state index < -0.39 is 58.8 Å². The quantitative estimate of drug-likeness (QED) is 0.212. The topological polar surface area (TPSA) is 58.2 Å². The molecule has 0 radical (unpaired) electrons. The van der Waals surface area contributed by atoms with Crippen molar-refractivity contribution in [2.24, 2.45) is 0 Å². The van der Waals surface area contributed by atoms with E-state index >= 15 is 0 Å². The van der Waals surface area contributed by atoms with Crippen LogP contribution in [0.25, 0.3) is 0 Å². The van der Waals surface area contributed by atoms with Crippen LogP contribution in [0.15, 0.2) is 60.7 Å². The summed E-state index contributed by atoms with van der Waals surface area (Å²) in [5.41, 5.74) is -1.56. The number of carbonyl (C=O) groups is 2. The number of hydrogen-bond donors (Lipinski definition) is 2. The predicted molar refractivity (Wildman–Crippen MR) is 123 cm³/mol. The second-order valence-electron chi connectivity index (χ2n) is 6.98. The summed E-state index contributed by atoms with van der Waals surface area (Å²) >= 11 is 0. The average molecular weight is 626 g/mol. The van der Waals surface area contributed by atoms with E-state index in [1.54, 1.807) is 0 Å². The summed E-state index contributed by atoms with van der Waals surface area (Å²) in [5, 5.41) is 2.48. The number of nitrogens with one attached hydrogen (secondary N) is 2. The number of halogens is 10. The SMILES string of the molecule is O=C(Nc1ccc(F)[c-]c1F)C(F)(F)F.O=C(Nc1ccc(F)[c-]c1F)C(F)(F)F.[C-]1=CC=CC1.[C-]1=CC=CC1.[Ti+4]. The third-order valence-corrected chi connectivity index (χ3v) is 3.91. The molecule has 0 fully saturated rings. The number of rotatable bonds is 2. The minimum absolute atomic E-state index is 0. The largest absolute Gasteiger partial charge is 4.00 e. The van der Waals surface area contributed by atoms with Crippen LogP contribution in [0.5, 0.6) is 0 Å². The van der Waals surface area contributed by atoms with E-state index in [1.165, 1.54) is 22.8 Å². The number of alkyl halides is 6. The number of carbonyl (C=O) groups excluding carboxylic acids is 2. The van der Waals surface area contributed by atoms with Gasteiger partial charge in [-0.15, -0.1) is 49.2 Å². The van der Waals surface area contributed by atoms with Crippen LogP contribution < -0.4 is 10.6 Å². The minimum Gasteiger partial charge on any atom is -0.369 e. The monoisotopic (exact) mass is 626 g/mol. The maximum Gasteiger partial charge on any atom is 4.00 e. The fourth-order valence-electron chi connectivity index (χ4n) is 2.15. The first-order valence-corrected chi connectivity index (χ1v) is 10.6. The number of allylic oxidation sites excluding steroid dienone is 8. The van der Waals surface area contributed by atoms with E-state index in [4.69, 9.17) is 0 Å². The summed E-state index contributed by atoms with van der Waals surface area (Å²) in [6.07, 6.45) is 9.75. The first-order chi connectivity index (χ1) is 18.6. The van der Waals surface area contributed by atoms with Gasteiger partial charge in [0.05, 0.1) is 0 Å². The van der Waals surface area contributed by atoms with Crippen LogP contribution in [0.1, 0.15) is 12.8 Å². The van der Waals surface area contributed by atoms with Crippen molar-refractivity contribution < 1.29 is 75.2 Å². The number of hydrogen-bond acceptors (Lipinski definition) is 2. The molecule has 2 N–H and O–H groups in total. The minimum atomic E-state index is -5.12. The molecule has 216 valence electrons. The van der Waals surface area contributed by atoms with Crippen LogP contribution in [-0.4, -0.2) is 24.2 Å². The molecule has 2 aromatic rings. The predicted octanol–water partition coefficient (Wildman–Crippen LogP) is 7.14. The maximum atomic E-state index is 12.7. The molecular formula is C26H16F10N2O2Ti. The summed E-state index contributed by atoms with van der Waals surface area (Å²) in [6, 6.07) is 5.65. The molecule has 0 aromatic heterocycles. The van der Waals surface area contributed by atoms with Crippen molar-refractivity contribution in [2.75, 3.05) is 10.6 Å². The first kappa shape index (κ1) is 37.4. The Bertz CT molecular complexity index is 1150. The van der Waals surface area contributed by atoms with Gasteiger partial charge in [-0.25, -0.2) is 41.9 Å². The van der Waals surface area contributed by atoms with E-state index in [-0.39, 0.29) is 21.7 Å². The second-order valence-corrected chi connectivity index (χ2v) is 6.98. The molecule has 0 unspecified atom stereocenters. The molecule has 0 bridgehead atoms. The third-order valence-electron chi connectivity index (χ3n) is 3.91. The van der Waals surface area contributed by atoms with Gasteiger partial charge >= 0.3 is 45.9 Å². The molecule has 41 heavy (non-hydrogen) atoms. The molecule has 2 amide bonds. The van der Waals surface area contributed by atoms with Gasteiger partial charge in [-0.1, -0.05) is 0 Å². The van der Waals surface area contributed by atoms with Crippen molar-refractivity contribution in [1.29, 1.82) is 0 Å². The summed E-state index contributed by atoms with van der Waals surface area (Å²) < 4.78 is 120. The van der Waals surface area contributed by atoms with Crippen LogP contribution in [0.4, 0.5) is 55.3 Å². The Morgan fingerprint density at radius 1 is 0.634 bits per heavy atom. The van der Waals surface area contributed by atoms with Crippen LogP contribution in [-0.2, 0) is 31.3 Å². The summed E-state index contributed by atoms with van der Waals surface area (Å²) in [5.74, 6) is -9.60. The zero-order valence-electron chi connectivity index (χ0n) is 20.3. The van der Waals surface area contributed by atoms with Crippen LogP contribution in [0.3, 0.4) is 0 Å². The molecule has 4 nitrogen and oxygen atoms in total. The fourth-order valence-corrected chi connectivity index (χ4v) is 2.15. The molecule has 0 atom stereocenters. The standard InChI is InChI=1S/2C8H3F5NO.2C5H5.Ti/c2*9-4-1-2-6(5(10)3-4)14-7(15)8(11,12)13;2*1-2-4-5-3-1;/h2*1-2H,(H,14,15);2*1-3H,4H2;/q4*-1;+4. The van der Waals surface area contributed by atoms with Crippen LogP contribution in [0.2, 0.25) is 0 Å². The molecule has 2 aromatic carbocycles. The van der Waals surface area contributed by atoms with Crippen molar-refractivity contribution in [3.63, 3.8) is 0 Å². The molecule has 2 aliphatic rings. The van der Waals surface area contributed by atoms with Crippen molar-refractivity contribution in [2.45, 2.75) is 25.2 Å². The Balaban J connectivity index is 0.000000573. The molecular weight excluding hydrogens is 610 g/mol. The van der Waals surface area contributed by atoms with Gasteiger partial charge in [0.1, 0.15) is 0 Å². The molecule has 2 aliphatic carbocycles. The Morgan fingerprint density at radius 2 is 0.976 bits per heavy atom. The zero-order valence-corrected chi connectivity index (χ0v) is 21.8. The molecule has 0 saturated carbocycles. The van der Waals surface area contributed by atoms with E-state index in [9.17, 15) is 53.5 Å². The van der Waals surface area contributed by atoms with Gasteiger partial charge in [0.25, 0.3) is 0 Å².